The molecule has 4 aliphatic heterocycles. The Morgan fingerprint density at radius 2 is 1.83 bits per heavy atom. The third kappa shape index (κ3) is 6.00. The van der Waals surface area contributed by atoms with Crippen LogP contribution in [0.2, 0.25) is 0 Å². The number of carbonyl (C=O) groups is 4. The number of rotatable bonds is 8. The third-order valence-electron chi connectivity index (χ3n) is 10.0. The van der Waals surface area contributed by atoms with Crippen molar-refractivity contribution in [3.8, 4) is 0 Å². The molecule has 3 amide bonds. The van der Waals surface area contributed by atoms with Gasteiger partial charge in [-0.2, -0.15) is 0 Å². The smallest absolute Gasteiger partial charge is 0.313 e. The Labute approximate surface area is 270 Å². The summed E-state index contributed by atoms with van der Waals surface area (Å²) in [4.78, 5) is 59.8. The number of hydrogen-bond acceptors (Lipinski definition) is 8. The van der Waals surface area contributed by atoms with E-state index in [2.05, 4.69) is 5.32 Å². The highest BCUT2D eigenvalue weighted by atomic mass is 16.6. The molecule has 0 unspecified atom stereocenters. The van der Waals surface area contributed by atoms with Gasteiger partial charge in [0.05, 0.1) is 37.3 Å². The van der Waals surface area contributed by atoms with Gasteiger partial charge >= 0.3 is 5.97 Å². The largest absolute Gasteiger partial charge is 0.455 e. The Morgan fingerprint density at radius 3 is 2.48 bits per heavy atom. The van der Waals surface area contributed by atoms with Gasteiger partial charge in [0.1, 0.15) is 23.7 Å². The van der Waals surface area contributed by atoms with Crippen LogP contribution in [0.5, 0.6) is 0 Å². The number of hydrogen-bond donors (Lipinski definition) is 2. The molecule has 46 heavy (non-hydrogen) atoms. The lowest BCUT2D eigenvalue weighted by atomic mass is 9.74. The van der Waals surface area contributed by atoms with Gasteiger partial charge in [0.15, 0.2) is 0 Å². The van der Waals surface area contributed by atoms with E-state index in [1.807, 2.05) is 70.2 Å². The number of benzene rings is 1. The summed E-state index contributed by atoms with van der Waals surface area (Å²) in [6.07, 6.45) is 6.81. The minimum absolute atomic E-state index is 0.0754. The number of ether oxygens (including phenoxy) is 3. The molecule has 0 aliphatic carbocycles. The van der Waals surface area contributed by atoms with E-state index in [0.29, 0.717) is 18.4 Å². The number of carbonyl (C=O) groups excluding carboxylic acids is 4. The number of likely N-dealkylation sites (tertiary alicyclic amines) is 1. The zero-order chi connectivity index (χ0) is 33.2. The molecule has 11 heteroatoms. The van der Waals surface area contributed by atoms with Crippen LogP contribution < -0.4 is 5.32 Å². The van der Waals surface area contributed by atoms with Crippen molar-refractivity contribution < 1.29 is 38.5 Å². The van der Waals surface area contributed by atoms with Crippen molar-refractivity contribution >= 4 is 23.7 Å². The fourth-order valence-electron chi connectivity index (χ4n) is 7.45. The van der Waals surface area contributed by atoms with E-state index in [1.54, 1.807) is 17.1 Å². The lowest BCUT2D eigenvalue weighted by Gasteiger charge is -2.41. The van der Waals surface area contributed by atoms with Crippen LogP contribution in [0.15, 0.2) is 54.6 Å². The molecule has 2 N–H and O–H groups in total. The van der Waals surface area contributed by atoms with Crippen molar-refractivity contribution in [2.24, 2.45) is 17.8 Å². The van der Waals surface area contributed by atoms with E-state index < -0.39 is 59.6 Å². The summed E-state index contributed by atoms with van der Waals surface area (Å²) < 4.78 is 18.3. The van der Waals surface area contributed by atoms with E-state index in [1.165, 1.54) is 12.0 Å². The maximum atomic E-state index is 14.6. The minimum atomic E-state index is -1.41. The maximum Gasteiger partial charge on any atom is 0.313 e. The average molecular weight is 638 g/mol. The molecule has 5 rings (SSSR count). The highest BCUT2D eigenvalue weighted by Crippen LogP contribution is 2.56. The molecule has 0 radical (unpaired) electrons. The lowest BCUT2D eigenvalue weighted by molar-refractivity contribution is -0.163. The summed E-state index contributed by atoms with van der Waals surface area (Å²) in [5.74, 6) is -3.83. The molecule has 4 aliphatic rings. The molecule has 250 valence electrons. The first-order valence-corrected chi connectivity index (χ1v) is 16.4. The van der Waals surface area contributed by atoms with Crippen molar-refractivity contribution in [3.63, 3.8) is 0 Å². The molecule has 1 aromatic rings. The summed E-state index contributed by atoms with van der Waals surface area (Å²) >= 11 is 0. The standard InChI is InChI=1S/C35H47N3O8/c1-6-22(4)25(19-39)38-31-33(42)37(21(2)3)18-12-8-11-15-27(40)36-24(20-44-5)30(23-13-9-7-10-14-23)45-34(43)28-26-16-17-35(31,46-26)29(28)32(38)41/h7-10,12-14,16-17,21-22,24-26,28-31,39H,6,11,15,18-20H2,1-5H3,(H,36,40)/b12-8-/t22-,24-,25-,26+,28-,29-,30-,31+,35-/m0/s1. The Kier molecular flexibility index (Phi) is 10.3. The molecule has 2 fully saturated rings. The Morgan fingerprint density at radius 1 is 1.09 bits per heavy atom. The highest BCUT2D eigenvalue weighted by molar-refractivity contribution is 5.99. The van der Waals surface area contributed by atoms with E-state index in [0.717, 1.165) is 0 Å². The number of nitrogens with zero attached hydrogens (tertiary/aromatic N) is 2. The van der Waals surface area contributed by atoms with E-state index in [9.17, 15) is 24.3 Å². The zero-order valence-electron chi connectivity index (χ0n) is 27.3. The van der Waals surface area contributed by atoms with Gasteiger partial charge in [-0.3, -0.25) is 19.2 Å². The van der Waals surface area contributed by atoms with Crippen molar-refractivity contribution in [2.75, 3.05) is 26.9 Å². The quantitative estimate of drug-likeness (QED) is 0.328. The summed E-state index contributed by atoms with van der Waals surface area (Å²) in [5.41, 5.74) is -0.751. The van der Waals surface area contributed by atoms with Crippen molar-refractivity contribution in [3.05, 3.63) is 60.2 Å². The number of aliphatic hydroxyl groups is 1. The van der Waals surface area contributed by atoms with E-state index in [4.69, 9.17) is 14.2 Å². The minimum Gasteiger partial charge on any atom is -0.455 e. The number of nitrogens with one attached hydrogen (secondary N) is 1. The van der Waals surface area contributed by atoms with Gasteiger partial charge < -0.3 is 34.4 Å². The molecule has 2 saturated heterocycles. The lowest BCUT2D eigenvalue weighted by Crippen LogP contribution is -2.60. The van der Waals surface area contributed by atoms with Gasteiger partial charge in [-0.25, -0.2) is 0 Å². The summed E-state index contributed by atoms with van der Waals surface area (Å²) in [5, 5.41) is 13.6. The average Bonchev–Trinajstić information content (AvgIpc) is 3.68. The van der Waals surface area contributed by atoms with Crippen LogP contribution in [0.3, 0.4) is 0 Å². The molecule has 11 nitrogen and oxygen atoms in total. The highest BCUT2D eigenvalue weighted by Gasteiger charge is 2.74. The molecule has 4 heterocycles. The molecule has 1 aromatic carbocycles. The second-order valence-electron chi connectivity index (χ2n) is 13.1. The van der Waals surface area contributed by atoms with Gasteiger partial charge in [-0.15, -0.1) is 0 Å². The van der Waals surface area contributed by atoms with Gasteiger partial charge in [0.25, 0.3) is 0 Å². The first-order chi connectivity index (χ1) is 22.1. The van der Waals surface area contributed by atoms with E-state index in [-0.39, 0.29) is 50.0 Å². The maximum absolute atomic E-state index is 14.6. The monoisotopic (exact) mass is 637 g/mol. The number of fused-ring (bicyclic) bond motifs is 2. The van der Waals surface area contributed by atoms with Gasteiger partial charge in [0, 0.05) is 26.1 Å². The summed E-state index contributed by atoms with van der Waals surface area (Å²) in [6.45, 7) is 7.71. The van der Waals surface area contributed by atoms with Crippen LogP contribution >= 0.6 is 0 Å². The first-order valence-electron chi connectivity index (χ1n) is 16.4. The molecule has 9 atom stereocenters. The number of aliphatic hydroxyl groups excluding tert-OH is 1. The number of allylic oxidation sites excluding steroid dienone is 1. The Bertz CT molecular complexity index is 1350. The Balaban J connectivity index is 1.63. The van der Waals surface area contributed by atoms with Gasteiger partial charge in [0.2, 0.25) is 17.7 Å². The molecule has 0 aromatic heterocycles. The van der Waals surface area contributed by atoms with Crippen LogP contribution in [0.1, 0.15) is 58.6 Å². The SMILES string of the molecule is CC[C@H](C)[C@H](CO)N1C(=O)[C@@H]2[C@H]3C(=O)O[C@@H](c4ccccc4)[C@H](COC)NC(=O)CC/C=C\CN(C(C)C)C(=O)[C@@H]1[C@]21C=C[C@H]3O1. The predicted molar refractivity (Wildman–Crippen MR) is 169 cm³/mol. The molecule has 5 bridgehead atoms. The fourth-order valence-corrected chi connectivity index (χ4v) is 7.45. The normalized spacial score (nSPS) is 33.6. The van der Waals surface area contributed by atoms with Crippen LogP contribution in [-0.4, -0.2) is 101 Å². The van der Waals surface area contributed by atoms with Gasteiger partial charge in [-0.05, 0) is 31.7 Å². The number of esters is 1. The molecule has 1 spiro atoms. The van der Waals surface area contributed by atoms with E-state index >= 15 is 0 Å². The summed E-state index contributed by atoms with van der Waals surface area (Å²) in [7, 11) is 1.51. The second kappa shape index (κ2) is 14.1. The number of methoxy groups -OCH3 is 1. The molecular weight excluding hydrogens is 590 g/mol. The predicted octanol–water partition coefficient (Wildman–Crippen LogP) is 2.55. The zero-order valence-corrected chi connectivity index (χ0v) is 27.3. The van der Waals surface area contributed by atoms with Crippen LogP contribution in [0, 0.1) is 17.8 Å². The topological polar surface area (TPSA) is 135 Å². The van der Waals surface area contributed by atoms with Crippen LogP contribution in [0.25, 0.3) is 0 Å². The van der Waals surface area contributed by atoms with Crippen LogP contribution in [-0.2, 0) is 33.4 Å². The van der Waals surface area contributed by atoms with Crippen molar-refractivity contribution in [1.82, 2.24) is 15.1 Å². The number of cyclic esters (lactones) is 1. The molecular formula is C35H47N3O8. The van der Waals surface area contributed by atoms with Crippen LogP contribution in [0.4, 0.5) is 0 Å². The summed E-state index contributed by atoms with van der Waals surface area (Å²) in [6, 6.07) is 6.42. The number of amides is 3. The second-order valence-corrected chi connectivity index (χ2v) is 13.1. The molecule has 0 saturated carbocycles. The van der Waals surface area contributed by atoms with Crippen molar-refractivity contribution in [2.45, 2.75) is 88.9 Å². The first kappa shape index (κ1) is 33.8. The third-order valence-corrected chi connectivity index (χ3v) is 10.0. The van der Waals surface area contributed by atoms with Crippen molar-refractivity contribution in [1.29, 1.82) is 0 Å². The fraction of sp³-hybridized carbons (Fsp3) is 0.600. The van der Waals surface area contributed by atoms with Gasteiger partial charge in [-0.1, -0.05) is 74.9 Å². The Hall–Kier alpha value is -3.54.